The van der Waals surface area contributed by atoms with Crippen molar-refractivity contribution in [1.29, 1.82) is 0 Å². The Bertz CT molecular complexity index is 1030. The SMILES string of the molecule is CC(C)c1cc(C(=O)NC2=NCCCN2)ccc1Nc1cccc(C(=O)NC2COC2)c1. The number of nitrogens with one attached hydrogen (secondary N) is 4. The predicted molar refractivity (Wildman–Crippen MR) is 125 cm³/mol. The van der Waals surface area contributed by atoms with Crippen LogP contribution in [-0.2, 0) is 4.74 Å². The third-order valence-corrected chi connectivity index (χ3v) is 5.44. The van der Waals surface area contributed by atoms with Gasteiger partial charge in [0, 0.05) is 35.6 Å². The highest BCUT2D eigenvalue weighted by atomic mass is 16.5. The average molecular weight is 436 g/mol. The van der Waals surface area contributed by atoms with Gasteiger partial charge in [0.1, 0.15) is 0 Å². The van der Waals surface area contributed by atoms with Gasteiger partial charge in [-0.1, -0.05) is 19.9 Å². The van der Waals surface area contributed by atoms with Crippen LogP contribution in [-0.4, -0.2) is 50.1 Å². The minimum atomic E-state index is -0.190. The molecule has 0 spiro atoms. The Balaban J connectivity index is 1.49. The Labute approximate surface area is 187 Å². The highest BCUT2D eigenvalue weighted by Crippen LogP contribution is 2.29. The van der Waals surface area contributed by atoms with Gasteiger partial charge in [-0.25, -0.2) is 0 Å². The Morgan fingerprint density at radius 1 is 1.09 bits per heavy atom. The normalized spacial score (nSPS) is 15.9. The number of benzene rings is 2. The molecule has 8 nitrogen and oxygen atoms in total. The van der Waals surface area contributed by atoms with Crippen molar-refractivity contribution in [2.75, 3.05) is 31.6 Å². The van der Waals surface area contributed by atoms with Crippen LogP contribution >= 0.6 is 0 Å². The van der Waals surface area contributed by atoms with Crippen molar-refractivity contribution >= 4 is 29.1 Å². The van der Waals surface area contributed by atoms with Gasteiger partial charge in [0.15, 0.2) is 5.96 Å². The third-order valence-electron chi connectivity index (χ3n) is 5.44. The number of guanidine groups is 1. The van der Waals surface area contributed by atoms with E-state index in [1.807, 2.05) is 30.3 Å². The maximum Gasteiger partial charge on any atom is 0.257 e. The molecular formula is C24H29N5O3. The number of aliphatic imine (C=N–C) groups is 1. The molecular weight excluding hydrogens is 406 g/mol. The molecule has 2 heterocycles. The molecule has 0 radical (unpaired) electrons. The minimum Gasteiger partial charge on any atom is -0.377 e. The van der Waals surface area contributed by atoms with Crippen LogP contribution in [0.15, 0.2) is 47.5 Å². The highest BCUT2D eigenvalue weighted by Gasteiger charge is 2.21. The molecule has 2 amide bonds. The Kier molecular flexibility index (Phi) is 6.70. The highest BCUT2D eigenvalue weighted by molar-refractivity contribution is 6.06. The summed E-state index contributed by atoms with van der Waals surface area (Å²) in [6, 6.07) is 13.1. The van der Waals surface area contributed by atoms with Crippen LogP contribution < -0.4 is 21.3 Å². The molecule has 1 fully saturated rings. The van der Waals surface area contributed by atoms with E-state index < -0.39 is 0 Å². The van der Waals surface area contributed by atoms with E-state index in [1.54, 1.807) is 12.1 Å². The molecule has 168 valence electrons. The molecule has 0 saturated carbocycles. The summed E-state index contributed by atoms with van der Waals surface area (Å²) in [5, 5.41) is 12.3. The average Bonchev–Trinajstić information content (AvgIpc) is 2.77. The first-order valence-corrected chi connectivity index (χ1v) is 11.0. The smallest absolute Gasteiger partial charge is 0.257 e. The summed E-state index contributed by atoms with van der Waals surface area (Å²) >= 11 is 0. The van der Waals surface area contributed by atoms with Gasteiger partial charge in [0.2, 0.25) is 0 Å². The lowest BCUT2D eigenvalue weighted by molar-refractivity contribution is -0.00346. The lowest BCUT2D eigenvalue weighted by atomic mass is 9.98. The van der Waals surface area contributed by atoms with Crippen molar-refractivity contribution in [2.45, 2.75) is 32.2 Å². The van der Waals surface area contributed by atoms with Gasteiger partial charge in [-0.3, -0.25) is 19.9 Å². The number of rotatable bonds is 6. The zero-order valence-electron chi connectivity index (χ0n) is 18.4. The fourth-order valence-electron chi connectivity index (χ4n) is 3.57. The number of ether oxygens (including phenoxy) is 1. The first kappa shape index (κ1) is 21.8. The van der Waals surface area contributed by atoms with Crippen LogP contribution in [0.5, 0.6) is 0 Å². The van der Waals surface area contributed by atoms with Gasteiger partial charge in [-0.05, 0) is 54.3 Å². The number of amides is 2. The number of nitrogens with zero attached hydrogens (tertiary/aromatic N) is 1. The lowest BCUT2D eigenvalue weighted by Crippen LogP contribution is -2.48. The van der Waals surface area contributed by atoms with E-state index >= 15 is 0 Å². The summed E-state index contributed by atoms with van der Waals surface area (Å²) < 4.78 is 5.11. The molecule has 2 aromatic rings. The van der Waals surface area contributed by atoms with Crippen LogP contribution in [0, 0.1) is 0 Å². The van der Waals surface area contributed by atoms with E-state index in [9.17, 15) is 9.59 Å². The van der Waals surface area contributed by atoms with Crippen LogP contribution in [0.25, 0.3) is 0 Å². The molecule has 2 aliphatic rings. The van der Waals surface area contributed by atoms with Crippen LogP contribution in [0.2, 0.25) is 0 Å². The first-order chi connectivity index (χ1) is 15.5. The molecule has 2 aliphatic heterocycles. The van der Waals surface area contributed by atoms with E-state index in [-0.39, 0.29) is 23.8 Å². The number of carbonyl (C=O) groups excluding carboxylic acids is 2. The largest absolute Gasteiger partial charge is 0.377 e. The number of hydrogen-bond donors (Lipinski definition) is 4. The molecule has 4 N–H and O–H groups in total. The molecule has 4 rings (SSSR count). The summed E-state index contributed by atoms with van der Waals surface area (Å²) in [5.74, 6) is 0.418. The van der Waals surface area contributed by atoms with Gasteiger partial charge in [0.25, 0.3) is 11.8 Å². The molecule has 2 aromatic carbocycles. The molecule has 0 aromatic heterocycles. The van der Waals surface area contributed by atoms with E-state index in [4.69, 9.17) is 4.74 Å². The lowest BCUT2D eigenvalue weighted by Gasteiger charge is -2.26. The summed E-state index contributed by atoms with van der Waals surface area (Å²) in [6.45, 7) is 6.81. The van der Waals surface area contributed by atoms with E-state index in [2.05, 4.69) is 40.1 Å². The van der Waals surface area contributed by atoms with Gasteiger partial charge in [-0.15, -0.1) is 0 Å². The second-order valence-electron chi connectivity index (χ2n) is 8.34. The van der Waals surface area contributed by atoms with Crippen LogP contribution in [0.3, 0.4) is 0 Å². The Morgan fingerprint density at radius 2 is 1.91 bits per heavy atom. The standard InChI is InChI=1S/C24H29N5O3/c1-15(2)20-12-17(23(31)29-24-25-9-4-10-26-24)7-8-21(20)27-18-6-3-5-16(11-18)22(30)28-19-13-32-14-19/h3,5-8,11-12,15,19,27H,4,9-10,13-14H2,1-2H3,(H,28,30)(H2,25,26,29,31). The monoisotopic (exact) mass is 435 g/mol. The van der Waals surface area contributed by atoms with Crippen molar-refractivity contribution in [1.82, 2.24) is 16.0 Å². The zero-order valence-corrected chi connectivity index (χ0v) is 18.4. The van der Waals surface area contributed by atoms with E-state index in [1.165, 1.54) is 0 Å². The maximum absolute atomic E-state index is 12.7. The van der Waals surface area contributed by atoms with Gasteiger partial charge >= 0.3 is 0 Å². The van der Waals surface area contributed by atoms with Crippen molar-refractivity contribution in [2.24, 2.45) is 4.99 Å². The second-order valence-corrected chi connectivity index (χ2v) is 8.34. The first-order valence-electron chi connectivity index (χ1n) is 11.0. The number of hydrogen-bond acceptors (Lipinski definition) is 6. The van der Waals surface area contributed by atoms with Crippen LogP contribution in [0.1, 0.15) is 52.5 Å². The number of carbonyl (C=O) groups is 2. The van der Waals surface area contributed by atoms with Gasteiger partial charge in [-0.2, -0.15) is 0 Å². The van der Waals surface area contributed by atoms with E-state index in [0.29, 0.717) is 36.8 Å². The van der Waals surface area contributed by atoms with Crippen molar-refractivity contribution in [3.05, 3.63) is 59.2 Å². The van der Waals surface area contributed by atoms with Crippen LogP contribution in [0.4, 0.5) is 11.4 Å². The Morgan fingerprint density at radius 3 is 2.59 bits per heavy atom. The molecule has 0 unspecified atom stereocenters. The molecule has 32 heavy (non-hydrogen) atoms. The maximum atomic E-state index is 12.7. The molecule has 1 saturated heterocycles. The summed E-state index contributed by atoms with van der Waals surface area (Å²) in [4.78, 5) is 29.4. The predicted octanol–water partition coefficient (Wildman–Crippen LogP) is 2.76. The minimum absolute atomic E-state index is 0.0834. The number of anilines is 2. The zero-order chi connectivity index (χ0) is 22.5. The van der Waals surface area contributed by atoms with Gasteiger partial charge in [0.05, 0.1) is 19.3 Å². The second kappa shape index (κ2) is 9.82. The van der Waals surface area contributed by atoms with Gasteiger partial charge < -0.3 is 20.7 Å². The van der Waals surface area contributed by atoms with E-state index in [0.717, 1.165) is 29.9 Å². The quantitative estimate of drug-likeness (QED) is 0.559. The molecule has 8 heteroatoms. The topological polar surface area (TPSA) is 104 Å². The molecule has 0 aliphatic carbocycles. The summed E-state index contributed by atoms with van der Waals surface area (Å²) in [6.07, 6.45) is 0.967. The summed E-state index contributed by atoms with van der Waals surface area (Å²) in [7, 11) is 0. The molecule has 0 atom stereocenters. The third kappa shape index (κ3) is 5.26. The molecule has 0 bridgehead atoms. The van der Waals surface area contributed by atoms with Crippen molar-refractivity contribution in [3.63, 3.8) is 0 Å². The van der Waals surface area contributed by atoms with Crippen molar-refractivity contribution < 1.29 is 14.3 Å². The summed E-state index contributed by atoms with van der Waals surface area (Å²) in [5.41, 5.74) is 3.88. The fraction of sp³-hybridized carbons (Fsp3) is 0.375. The Hall–Kier alpha value is -3.39. The fourth-order valence-corrected chi connectivity index (χ4v) is 3.57. The van der Waals surface area contributed by atoms with Crippen molar-refractivity contribution in [3.8, 4) is 0 Å².